The molecule has 0 N–H and O–H groups in total. The van der Waals surface area contributed by atoms with E-state index in [4.69, 9.17) is 0 Å². The molecule has 2 aliphatic carbocycles. The highest BCUT2D eigenvalue weighted by atomic mass is 32.2. The molecule has 0 radical (unpaired) electrons. The Morgan fingerprint density at radius 2 is 1.93 bits per heavy atom. The van der Waals surface area contributed by atoms with E-state index in [-0.39, 0.29) is 0 Å². The largest absolute Gasteiger partial charge is 0.213 e. The van der Waals surface area contributed by atoms with Crippen molar-refractivity contribution in [1.29, 1.82) is 0 Å². The highest BCUT2D eigenvalue weighted by molar-refractivity contribution is 7.88. The molecule has 0 unspecified atom stereocenters. The molecular weight excluding hydrogens is 198 g/mol. The minimum absolute atomic E-state index is 0.620. The molecule has 1 spiro atoms. The van der Waals surface area contributed by atoms with E-state index in [9.17, 15) is 8.42 Å². The monoisotopic (exact) mass is 217 g/mol. The topological polar surface area (TPSA) is 37.4 Å². The minimum Gasteiger partial charge on any atom is -0.213 e. The van der Waals surface area contributed by atoms with Crippen molar-refractivity contribution in [3.8, 4) is 0 Å². The average molecular weight is 217 g/mol. The summed E-state index contributed by atoms with van der Waals surface area (Å²) in [5.74, 6) is 0.620. The van der Waals surface area contributed by atoms with Crippen LogP contribution in [-0.2, 0) is 10.0 Å². The van der Waals surface area contributed by atoms with E-state index in [1.807, 2.05) is 0 Å². The van der Waals surface area contributed by atoms with Gasteiger partial charge in [0.05, 0.1) is 6.26 Å². The van der Waals surface area contributed by atoms with E-state index in [0.717, 1.165) is 6.54 Å². The van der Waals surface area contributed by atoms with E-state index >= 15 is 0 Å². The molecule has 82 valence electrons. The van der Waals surface area contributed by atoms with Gasteiger partial charge in [0.1, 0.15) is 0 Å². The standard InChI is InChI=1S/C10H19NO2S/c1-11(14(2,12)13)8-9-6-10(7-9)4-3-5-10/h9H,3-8H2,1-2H3. The molecule has 2 saturated carbocycles. The van der Waals surface area contributed by atoms with E-state index in [1.165, 1.54) is 42.7 Å². The molecule has 3 nitrogen and oxygen atoms in total. The maximum Gasteiger partial charge on any atom is 0.210 e. The summed E-state index contributed by atoms with van der Waals surface area (Å²) in [4.78, 5) is 0. The molecule has 4 heteroatoms. The molecule has 0 heterocycles. The van der Waals surface area contributed by atoms with Crippen LogP contribution in [0, 0.1) is 11.3 Å². The number of hydrogen-bond donors (Lipinski definition) is 0. The lowest BCUT2D eigenvalue weighted by Crippen LogP contribution is -2.47. The Morgan fingerprint density at radius 1 is 1.36 bits per heavy atom. The highest BCUT2D eigenvalue weighted by Gasteiger charge is 2.48. The Labute approximate surface area is 86.5 Å². The van der Waals surface area contributed by atoms with Crippen molar-refractivity contribution in [3.05, 3.63) is 0 Å². The molecular formula is C10H19NO2S. The van der Waals surface area contributed by atoms with Crippen LogP contribution < -0.4 is 0 Å². The van der Waals surface area contributed by atoms with Crippen LogP contribution in [0.5, 0.6) is 0 Å². The summed E-state index contributed by atoms with van der Waals surface area (Å²) in [7, 11) is -1.29. The Kier molecular flexibility index (Phi) is 2.39. The summed E-state index contributed by atoms with van der Waals surface area (Å²) in [6.07, 6.45) is 7.94. The molecule has 2 fully saturated rings. The van der Waals surface area contributed by atoms with Crippen LogP contribution in [0.15, 0.2) is 0 Å². The molecule has 2 rings (SSSR count). The molecule has 0 bridgehead atoms. The van der Waals surface area contributed by atoms with Crippen LogP contribution >= 0.6 is 0 Å². The number of nitrogens with zero attached hydrogens (tertiary/aromatic N) is 1. The zero-order chi connectivity index (χ0) is 10.4. The van der Waals surface area contributed by atoms with Crippen molar-refractivity contribution in [2.75, 3.05) is 19.8 Å². The Morgan fingerprint density at radius 3 is 2.29 bits per heavy atom. The van der Waals surface area contributed by atoms with Crippen molar-refractivity contribution in [2.24, 2.45) is 11.3 Å². The first kappa shape index (κ1) is 10.4. The molecule has 0 atom stereocenters. The van der Waals surface area contributed by atoms with E-state index in [1.54, 1.807) is 7.05 Å². The maximum absolute atomic E-state index is 11.2. The fourth-order valence-electron chi connectivity index (χ4n) is 2.88. The third kappa shape index (κ3) is 1.82. The van der Waals surface area contributed by atoms with Crippen molar-refractivity contribution in [3.63, 3.8) is 0 Å². The summed E-state index contributed by atoms with van der Waals surface area (Å²) >= 11 is 0. The lowest BCUT2D eigenvalue weighted by atomic mass is 9.52. The van der Waals surface area contributed by atoms with Gasteiger partial charge in [-0.05, 0) is 37.0 Å². The number of hydrogen-bond acceptors (Lipinski definition) is 2. The van der Waals surface area contributed by atoms with Gasteiger partial charge in [-0.25, -0.2) is 12.7 Å². The minimum atomic E-state index is -2.97. The van der Waals surface area contributed by atoms with E-state index < -0.39 is 10.0 Å². The lowest BCUT2D eigenvalue weighted by Gasteiger charge is -2.54. The summed E-state index contributed by atoms with van der Waals surface area (Å²) in [6.45, 7) is 0.723. The molecule has 0 aliphatic heterocycles. The van der Waals surface area contributed by atoms with Crippen molar-refractivity contribution < 1.29 is 8.42 Å². The Balaban J connectivity index is 1.79. The van der Waals surface area contributed by atoms with Crippen LogP contribution in [0.2, 0.25) is 0 Å². The van der Waals surface area contributed by atoms with Crippen molar-refractivity contribution in [1.82, 2.24) is 4.31 Å². The number of rotatable bonds is 3. The first-order chi connectivity index (χ1) is 6.41. The second-order valence-electron chi connectivity index (χ2n) is 5.17. The van der Waals surface area contributed by atoms with Crippen molar-refractivity contribution in [2.45, 2.75) is 32.1 Å². The van der Waals surface area contributed by atoms with Gasteiger partial charge in [-0.2, -0.15) is 0 Å². The van der Waals surface area contributed by atoms with Gasteiger partial charge < -0.3 is 0 Å². The third-order valence-corrected chi connectivity index (χ3v) is 5.22. The summed E-state index contributed by atoms with van der Waals surface area (Å²) in [5.41, 5.74) is 0.656. The first-order valence-corrected chi connectivity index (χ1v) is 7.17. The molecule has 0 aromatic rings. The highest BCUT2D eigenvalue weighted by Crippen LogP contribution is 2.58. The third-order valence-electron chi connectivity index (χ3n) is 3.94. The van der Waals surface area contributed by atoms with Crippen LogP contribution in [0.4, 0.5) is 0 Å². The second-order valence-corrected chi connectivity index (χ2v) is 7.26. The van der Waals surface area contributed by atoms with E-state index in [0.29, 0.717) is 11.3 Å². The fourth-order valence-corrected chi connectivity index (χ4v) is 3.36. The maximum atomic E-state index is 11.2. The summed E-state index contributed by atoms with van der Waals surface area (Å²) < 4.78 is 23.8. The van der Waals surface area contributed by atoms with Gasteiger partial charge >= 0.3 is 0 Å². The predicted octanol–water partition coefficient (Wildman–Crippen LogP) is 1.46. The number of sulfonamides is 1. The van der Waals surface area contributed by atoms with Gasteiger partial charge in [-0.15, -0.1) is 0 Å². The van der Waals surface area contributed by atoms with Crippen LogP contribution in [0.3, 0.4) is 0 Å². The molecule has 0 aromatic heterocycles. The van der Waals surface area contributed by atoms with Gasteiger partial charge in [0.15, 0.2) is 0 Å². The Bertz CT molecular complexity index is 311. The van der Waals surface area contributed by atoms with Crippen LogP contribution in [-0.4, -0.2) is 32.6 Å². The SMILES string of the molecule is CN(CC1CC2(CCC2)C1)S(C)(=O)=O. The summed E-state index contributed by atoms with van der Waals surface area (Å²) in [6, 6.07) is 0. The van der Waals surface area contributed by atoms with Gasteiger partial charge in [0.25, 0.3) is 0 Å². The van der Waals surface area contributed by atoms with Gasteiger partial charge in [-0.1, -0.05) is 6.42 Å². The Hall–Kier alpha value is -0.0900. The quantitative estimate of drug-likeness (QED) is 0.717. The average Bonchev–Trinajstić information content (AvgIpc) is 1.88. The first-order valence-electron chi connectivity index (χ1n) is 5.33. The van der Waals surface area contributed by atoms with Crippen LogP contribution in [0.25, 0.3) is 0 Å². The zero-order valence-electron chi connectivity index (χ0n) is 8.99. The molecule has 14 heavy (non-hydrogen) atoms. The normalized spacial score (nSPS) is 26.2. The van der Waals surface area contributed by atoms with Gasteiger partial charge in [0.2, 0.25) is 10.0 Å². The molecule has 0 saturated heterocycles. The summed E-state index contributed by atoms with van der Waals surface area (Å²) in [5, 5.41) is 0. The molecule has 2 aliphatic rings. The van der Waals surface area contributed by atoms with Gasteiger partial charge in [-0.3, -0.25) is 0 Å². The zero-order valence-corrected chi connectivity index (χ0v) is 9.81. The lowest BCUT2D eigenvalue weighted by molar-refractivity contribution is -0.0288. The van der Waals surface area contributed by atoms with Crippen LogP contribution in [0.1, 0.15) is 32.1 Å². The van der Waals surface area contributed by atoms with Crippen molar-refractivity contribution >= 4 is 10.0 Å². The van der Waals surface area contributed by atoms with Gasteiger partial charge in [0, 0.05) is 13.6 Å². The smallest absolute Gasteiger partial charge is 0.210 e. The second kappa shape index (κ2) is 3.20. The molecule has 0 amide bonds. The van der Waals surface area contributed by atoms with E-state index in [2.05, 4.69) is 0 Å². The predicted molar refractivity (Wildman–Crippen MR) is 56.5 cm³/mol. The fraction of sp³-hybridized carbons (Fsp3) is 1.00. The molecule has 0 aromatic carbocycles.